The molecule has 0 spiro atoms. The van der Waals surface area contributed by atoms with Gasteiger partial charge in [0.25, 0.3) is 0 Å². The molecule has 1 aromatic carbocycles. The predicted molar refractivity (Wildman–Crippen MR) is 121 cm³/mol. The zero-order valence-electron chi connectivity index (χ0n) is 18.4. The van der Waals surface area contributed by atoms with Crippen LogP contribution in [0.5, 0.6) is 0 Å². The van der Waals surface area contributed by atoms with Crippen molar-refractivity contribution in [2.75, 3.05) is 62.0 Å². The molecule has 0 unspecified atom stereocenters. The number of ether oxygens (including phenoxy) is 2. The molecule has 2 aromatic rings. The Bertz CT molecular complexity index is 764. The Hall–Kier alpha value is -2.56. The molecule has 1 aromatic heterocycles. The molecular formula is C21H34FN7O2. The summed E-state index contributed by atoms with van der Waals surface area (Å²) in [6.45, 7) is 8.56. The summed E-state index contributed by atoms with van der Waals surface area (Å²) in [6.07, 6.45) is 1.00. The lowest BCUT2D eigenvalue weighted by Gasteiger charge is -2.12. The Balaban J connectivity index is 1.89. The summed E-state index contributed by atoms with van der Waals surface area (Å²) in [6, 6.07) is 6.40. The molecule has 0 amide bonds. The molecule has 0 aliphatic heterocycles. The third-order valence-corrected chi connectivity index (χ3v) is 4.14. The smallest absolute Gasteiger partial charge is 0.229 e. The van der Waals surface area contributed by atoms with Gasteiger partial charge < -0.3 is 31.2 Å². The first-order chi connectivity index (χ1) is 15.1. The van der Waals surface area contributed by atoms with Gasteiger partial charge in [-0.2, -0.15) is 15.0 Å². The average Bonchev–Trinajstić information content (AvgIpc) is 2.74. The van der Waals surface area contributed by atoms with E-state index >= 15 is 0 Å². The van der Waals surface area contributed by atoms with Gasteiger partial charge in [-0.1, -0.05) is 26.0 Å². The highest BCUT2D eigenvalue weighted by atomic mass is 19.1. The van der Waals surface area contributed by atoms with Crippen molar-refractivity contribution in [2.45, 2.75) is 26.8 Å². The quantitative estimate of drug-likeness (QED) is 0.295. The van der Waals surface area contributed by atoms with Crippen molar-refractivity contribution in [3.63, 3.8) is 0 Å². The van der Waals surface area contributed by atoms with Gasteiger partial charge in [0.1, 0.15) is 5.82 Å². The van der Waals surface area contributed by atoms with E-state index in [0.717, 1.165) is 18.5 Å². The van der Waals surface area contributed by atoms with E-state index in [2.05, 4.69) is 44.7 Å². The zero-order chi connectivity index (χ0) is 22.3. The van der Waals surface area contributed by atoms with Crippen molar-refractivity contribution in [2.24, 2.45) is 11.7 Å². The van der Waals surface area contributed by atoms with Gasteiger partial charge in [0.2, 0.25) is 17.8 Å². The Morgan fingerprint density at radius 3 is 2.19 bits per heavy atom. The lowest BCUT2D eigenvalue weighted by atomic mass is 10.1. The first-order valence-corrected chi connectivity index (χ1v) is 10.6. The van der Waals surface area contributed by atoms with Crippen LogP contribution in [-0.4, -0.2) is 61.0 Å². The number of hydrogen-bond donors (Lipinski definition) is 4. The minimum atomic E-state index is -0.276. The molecule has 0 saturated carbocycles. The normalized spacial score (nSPS) is 11.0. The number of rotatable bonds is 16. The van der Waals surface area contributed by atoms with E-state index in [-0.39, 0.29) is 5.82 Å². The van der Waals surface area contributed by atoms with Gasteiger partial charge in [-0.15, -0.1) is 0 Å². The summed E-state index contributed by atoms with van der Waals surface area (Å²) >= 11 is 0. The third-order valence-electron chi connectivity index (χ3n) is 4.14. The average molecular weight is 436 g/mol. The van der Waals surface area contributed by atoms with Crippen LogP contribution >= 0.6 is 0 Å². The Morgan fingerprint density at radius 1 is 0.903 bits per heavy atom. The van der Waals surface area contributed by atoms with Crippen LogP contribution in [0, 0.1) is 11.7 Å². The van der Waals surface area contributed by atoms with Crippen molar-refractivity contribution in [3.8, 4) is 0 Å². The summed E-state index contributed by atoms with van der Waals surface area (Å²) in [7, 11) is 0. The standard InChI is InChI=1S/C21H34FN7O2/c1-16(2)6-8-24-19-27-20(25-9-11-31-13-12-30-10-7-23)29-21(28-19)26-15-17-4-3-5-18(22)14-17/h3-5,14,16H,6-13,15,23H2,1-2H3,(H3,24,25,26,27,28,29). The van der Waals surface area contributed by atoms with Crippen LogP contribution < -0.4 is 21.7 Å². The van der Waals surface area contributed by atoms with Gasteiger partial charge in [0.05, 0.1) is 26.4 Å². The summed E-state index contributed by atoms with van der Waals surface area (Å²) < 4.78 is 24.2. The number of nitrogens with one attached hydrogen (secondary N) is 3. The van der Waals surface area contributed by atoms with Crippen LogP contribution in [0.4, 0.5) is 22.2 Å². The molecule has 2 rings (SSSR count). The summed E-state index contributed by atoms with van der Waals surface area (Å²) in [4.78, 5) is 13.2. The predicted octanol–water partition coefficient (Wildman–Crippen LogP) is 2.48. The number of anilines is 3. The molecule has 0 radical (unpaired) electrons. The molecular weight excluding hydrogens is 401 g/mol. The SMILES string of the molecule is CC(C)CCNc1nc(NCCOCCOCCN)nc(NCc2cccc(F)c2)n1. The van der Waals surface area contributed by atoms with Crippen molar-refractivity contribution >= 4 is 17.8 Å². The molecule has 0 aliphatic rings. The molecule has 31 heavy (non-hydrogen) atoms. The Morgan fingerprint density at radius 2 is 1.55 bits per heavy atom. The largest absolute Gasteiger partial charge is 0.378 e. The molecule has 5 N–H and O–H groups in total. The van der Waals surface area contributed by atoms with Crippen LogP contribution in [0.25, 0.3) is 0 Å². The maximum Gasteiger partial charge on any atom is 0.229 e. The fourth-order valence-corrected chi connectivity index (χ4v) is 2.55. The molecule has 10 heteroatoms. The Kier molecular flexibility index (Phi) is 11.5. The minimum Gasteiger partial charge on any atom is -0.378 e. The van der Waals surface area contributed by atoms with Gasteiger partial charge in [-0.05, 0) is 30.0 Å². The van der Waals surface area contributed by atoms with Gasteiger partial charge in [0, 0.05) is 26.2 Å². The lowest BCUT2D eigenvalue weighted by molar-refractivity contribution is 0.0547. The second-order valence-corrected chi connectivity index (χ2v) is 7.34. The summed E-state index contributed by atoms with van der Waals surface area (Å²) in [5.74, 6) is 1.62. The van der Waals surface area contributed by atoms with E-state index in [1.165, 1.54) is 12.1 Å². The van der Waals surface area contributed by atoms with Crippen LogP contribution in [0.3, 0.4) is 0 Å². The Labute approximate surface area is 183 Å². The minimum absolute atomic E-state index is 0.276. The highest BCUT2D eigenvalue weighted by Gasteiger charge is 2.07. The van der Waals surface area contributed by atoms with E-state index in [1.54, 1.807) is 6.07 Å². The summed E-state index contributed by atoms with van der Waals surface area (Å²) in [5, 5.41) is 9.51. The topological polar surface area (TPSA) is 119 Å². The second kappa shape index (κ2) is 14.4. The second-order valence-electron chi connectivity index (χ2n) is 7.34. The molecule has 0 bridgehead atoms. The molecule has 0 atom stereocenters. The number of hydrogen-bond acceptors (Lipinski definition) is 9. The highest BCUT2D eigenvalue weighted by Crippen LogP contribution is 2.12. The van der Waals surface area contributed by atoms with Crippen LogP contribution in [0.2, 0.25) is 0 Å². The molecule has 0 fully saturated rings. The molecule has 1 heterocycles. The highest BCUT2D eigenvalue weighted by molar-refractivity contribution is 5.42. The molecule has 0 aliphatic carbocycles. The number of benzene rings is 1. The zero-order valence-corrected chi connectivity index (χ0v) is 18.4. The fraction of sp³-hybridized carbons (Fsp3) is 0.571. The third kappa shape index (κ3) is 10.9. The van der Waals surface area contributed by atoms with Crippen LogP contribution in [0.1, 0.15) is 25.8 Å². The first-order valence-electron chi connectivity index (χ1n) is 10.6. The molecule has 172 valence electrons. The van der Waals surface area contributed by atoms with Gasteiger partial charge in [-0.3, -0.25) is 0 Å². The van der Waals surface area contributed by atoms with Crippen molar-refractivity contribution in [1.82, 2.24) is 15.0 Å². The van der Waals surface area contributed by atoms with Crippen molar-refractivity contribution in [1.29, 1.82) is 0 Å². The van der Waals surface area contributed by atoms with E-state index in [9.17, 15) is 4.39 Å². The monoisotopic (exact) mass is 435 g/mol. The maximum atomic E-state index is 13.4. The number of halogens is 1. The van der Waals surface area contributed by atoms with E-state index < -0.39 is 0 Å². The van der Waals surface area contributed by atoms with Crippen LogP contribution in [-0.2, 0) is 16.0 Å². The van der Waals surface area contributed by atoms with Crippen LogP contribution in [0.15, 0.2) is 24.3 Å². The van der Waals surface area contributed by atoms with E-state index in [4.69, 9.17) is 15.2 Å². The number of aromatic nitrogens is 3. The van der Waals surface area contributed by atoms with Crippen molar-refractivity contribution < 1.29 is 13.9 Å². The molecule has 9 nitrogen and oxygen atoms in total. The van der Waals surface area contributed by atoms with Gasteiger partial charge in [0.15, 0.2) is 0 Å². The lowest BCUT2D eigenvalue weighted by Crippen LogP contribution is -2.17. The number of nitrogens with zero attached hydrogens (tertiary/aromatic N) is 3. The molecule has 0 saturated heterocycles. The van der Waals surface area contributed by atoms with Gasteiger partial charge in [-0.25, -0.2) is 4.39 Å². The number of nitrogens with two attached hydrogens (primary N) is 1. The maximum absolute atomic E-state index is 13.4. The first kappa shape index (κ1) is 24.7. The fourth-order valence-electron chi connectivity index (χ4n) is 2.55. The van der Waals surface area contributed by atoms with Crippen molar-refractivity contribution in [3.05, 3.63) is 35.6 Å². The van der Waals surface area contributed by atoms with E-state index in [1.807, 2.05) is 6.07 Å². The van der Waals surface area contributed by atoms with E-state index in [0.29, 0.717) is 69.8 Å². The van der Waals surface area contributed by atoms with Gasteiger partial charge >= 0.3 is 0 Å². The summed E-state index contributed by atoms with van der Waals surface area (Å²) in [5.41, 5.74) is 6.16.